The van der Waals surface area contributed by atoms with Gasteiger partial charge in [-0.2, -0.15) is 16.8 Å². The van der Waals surface area contributed by atoms with Crippen molar-refractivity contribution >= 4 is 37.6 Å². The average molecular weight is 433 g/mol. The molecular formula is C15H15NO10S2. The maximum atomic E-state index is 11.5. The van der Waals surface area contributed by atoms with Crippen molar-refractivity contribution < 1.29 is 46.1 Å². The molecule has 5 N–H and O–H groups in total. The zero-order valence-corrected chi connectivity index (χ0v) is 15.7. The van der Waals surface area contributed by atoms with Gasteiger partial charge in [0.1, 0.15) is 17.5 Å². The number of aromatic hydroxyl groups is 2. The number of phenols is 2. The van der Waals surface area contributed by atoms with Gasteiger partial charge in [-0.1, -0.05) is 0 Å². The number of anilines is 2. The molecule has 2 aromatic carbocycles. The summed E-state index contributed by atoms with van der Waals surface area (Å²) in [5, 5.41) is 29.6. The molecule has 0 fully saturated rings. The first-order chi connectivity index (χ1) is 12.7. The van der Waals surface area contributed by atoms with E-state index in [2.05, 4.69) is 0 Å². The van der Waals surface area contributed by atoms with Crippen molar-refractivity contribution in [3.05, 3.63) is 36.4 Å². The first kappa shape index (κ1) is 21.4. The predicted molar refractivity (Wildman–Crippen MR) is 95.1 cm³/mol. The summed E-state index contributed by atoms with van der Waals surface area (Å²) in [5.41, 5.74) is -0.930. The number of benzene rings is 2. The fourth-order valence-corrected chi connectivity index (χ4v) is 3.37. The van der Waals surface area contributed by atoms with Crippen molar-refractivity contribution in [2.24, 2.45) is 0 Å². The molecule has 13 heteroatoms. The highest BCUT2D eigenvalue weighted by atomic mass is 32.2. The summed E-state index contributed by atoms with van der Waals surface area (Å²) in [4.78, 5) is 10.9. The molecule has 0 amide bonds. The number of nitrogens with zero attached hydrogens (tertiary/aromatic N) is 1. The van der Waals surface area contributed by atoms with Gasteiger partial charge in [0, 0.05) is 0 Å². The summed E-state index contributed by atoms with van der Waals surface area (Å²) < 4.78 is 64.0. The number of carbonyl (C=O) groups is 1. The minimum atomic E-state index is -4.73. The van der Waals surface area contributed by atoms with Crippen LogP contribution < -0.4 is 4.90 Å². The zero-order valence-electron chi connectivity index (χ0n) is 14.1. The van der Waals surface area contributed by atoms with Crippen LogP contribution >= 0.6 is 0 Å². The highest BCUT2D eigenvalue weighted by Crippen LogP contribution is 2.41. The molecule has 0 saturated heterocycles. The Morgan fingerprint density at radius 3 is 1.50 bits per heavy atom. The third kappa shape index (κ3) is 4.33. The highest BCUT2D eigenvalue weighted by Gasteiger charge is 2.29. The zero-order chi connectivity index (χ0) is 21.4. The van der Waals surface area contributed by atoms with Crippen LogP contribution in [-0.4, -0.2) is 53.3 Å². The predicted octanol–water partition coefficient (Wildman–Crippen LogP) is 1.20. The summed E-state index contributed by atoms with van der Waals surface area (Å²) >= 11 is 0. The van der Waals surface area contributed by atoms with Gasteiger partial charge in [-0.25, -0.2) is 4.79 Å². The lowest BCUT2D eigenvalue weighted by molar-refractivity contribution is -0.138. The molecule has 0 radical (unpaired) electrons. The van der Waals surface area contributed by atoms with Crippen LogP contribution in [0.2, 0.25) is 0 Å². The van der Waals surface area contributed by atoms with Gasteiger partial charge < -0.3 is 20.2 Å². The minimum absolute atomic E-state index is 0.465. The van der Waals surface area contributed by atoms with Crippen molar-refractivity contribution in [3.63, 3.8) is 0 Å². The molecule has 0 saturated carbocycles. The maximum Gasteiger partial charge on any atom is 0.326 e. The van der Waals surface area contributed by atoms with Gasteiger partial charge in [0.25, 0.3) is 20.2 Å². The smallest absolute Gasteiger partial charge is 0.326 e. The number of hydrogen-bond acceptors (Lipinski definition) is 8. The summed E-state index contributed by atoms with van der Waals surface area (Å²) in [6.07, 6.45) is 0. The van der Waals surface area contributed by atoms with Crippen LogP contribution in [0.25, 0.3) is 0 Å². The van der Waals surface area contributed by atoms with Crippen LogP contribution in [0.4, 0.5) is 11.4 Å². The van der Waals surface area contributed by atoms with Gasteiger partial charge in [-0.15, -0.1) is 0 Å². The van der Waals surface area contributed by atoms with E-state index in [-0.39, 0.29) is 0 Å². The van der Waals surface area contributed by atoms with E-state index in [1.54, 1.807) is 0 Å². The summed E-state index contributed by atoms with van der Waals surface area (Å²) in [6.45, 7) is 1.11. The molecule has 0 heterocycles. The molecule has 0 unspecified atom stereocenters. The molecule has 0 aliphatic rings. The van der Waals surface area contributed by atoms with Crippen LogP contribution in [0.5, 0.6) is 11.5 Å². The molecule has 0 aromatic heterocycles. The molecular weight excluding hydrogens is 418 g/mol. The van der Waals surface area contributed by atoms with E-state index in [4.69, 9.17) is 0 Å². The summed E-state index contributed by atoms with van der Waals surface area (Å²) in [5.74, 6) is -2.73. The Balaban J connectivity index is 2.85. The second kappa shape index (κ2) is 7.27. The SMILES string of the molecule is C[C@@H](C(=O)O)N(c1cc(S(=O)(=O)O)ccc1O)c1cc(S(=O)(=O)O)ccc1O. The fourth-order valence-electron chi connectivity index (χ4n) is 2.37. The molecule has 28 heavy (non-hydrogen) atoms. The summed E-state index contributed by atoms with van der Waals surface area (Å²) in [6, 6.07) is 3.37. The first-order valence-electron chi connectivity index (χ1n) is 7.36. The van der Waals surface area contributed by atoms with Gasteiger partial charge in [0.2, 0.25) is 0 Å². The molecule has 152 valence electrons. The van der Waals surface area contributed by atoms with E-state index in [1.165, 1.54) is 0 Å². The molecule has 0 aliphatic heterocycles. The molecule has 2 rings (SSSR count). The lowest BCUT2D eigenvalue weighted by Crippen LogP contribution is -2.35. The molecule has 0 spiro atoms. The van der Waals surface area contributed by atoms with Crippen molar-refractivity contribution in [1.82, 2.24) is 0 Å². The number of phenolic OH excluding ortho intramolecular Hbond substituents is 2. The van der Waals surface area contributed by atoms with Gasteiger partial charge in [0.05, 0.1) is 21.2 Å². The number of carboxylic acid groups (broad SMARTS) is 1. The number of aliphatic carboxylic acids is 1. The van der Waals surface area contributed by atoms with Crippen LogP contribution in [0.1, 0.15) is 6.92 Å². The molecule has 0 bridgehead atoms. The Morgan fingerprint density at radius 1 is 0.857 bits per heavy atom. The standard InChI is InChI=1S/C15H15NO10S2/c1-8(15(19)20)16(11-6-9(27(21,22)23)2-4-13(11)17)12-7-10(28(24,25)26)3-5-14(12)18/h2-8,17-18H,1H3,(H,19,20)(H,21,22,23)(H,24,25,26)/t8-/m0/s1. The monoisotopic (exact) mass is 433 g/mol. The number of hydrogen-bond donors (Lipinski definition) is 5. The van der Waals surface area contributed by atoms with Gasteiger partial charge in [0.15, 0.2) is 0 Å². The lowest BCUT2D eigenvalue weighted by Gasteiger charge is -2.30. The Labute approximate surface area is 159 Å². The Hall–Kier alpha value is -2.87. The van der Waals surface area contributed by atoms with E-state index in [1.807, 2.05) is 0 Å². The van der Waals surface area contributed by atoms with E-state index in [0.717, 1.165) is 48.2 Å². The number of carboxylic acids is 1. The first-order valence-corrected chi connectivity index (χ1v) is 10.2. The van der Waals surface area contributed by atoms with Crippen molar-refractivity contribution in [1.29, 1.82) is 0 Å². The second-order valence-corrected chi connectivity index (χ2v) is 8.48. The maximum absolute atomic E-state index is 11.5. The Bertz CT molecular complexity index is 1060. The van der Waals surface area contributed by atoms with E-state index in [9.17, 15) is 46.1 Å². The van der Waals surface area contributed by atoms with Crippen molar-refractivity contribution in [2.75, 3.05) is 4.90 Å². The van der Waals surface area contributed by atoms with Gasteiger partial charge >= 0.3 is 5.97 Å². The van der Waals surface area contributed by atoms with Crippen LogP contribution in [0.15, 0.2) is 46.2 Å². The van der Waals surface area contributed by atoms with E-state index in [0.29, 0.717) is 0 Å². The Kier molecular flexibility index (Phi) is 5.57. The highest BCUT2D eigenvalue weighted by molar-refractivity contribution is 7.86. The van der Waals surface area contributed by atoms with Crippen molar-refractivity contribution in [3.8, 4) is 11.5 Å². The largest absolute Gasteiger partial charge is 0.506 e. The van der Waals surface area contributed by atoms with Crippen LogP contribution in [-0.2, 0) is 25.0 Å². The lowest BCUT2D eigenvalue weighted by atomic mass is 10.1. The fraction of sp³-hybridized carbons (Fsp3) is 0.133. The third-order valence-electron chi connectivity index (χ3n) is 3.75. The molecule has 0 aliphatic carbocycles. The number of rotatable bonds is 6. The third-order valence-corrected chi connectivity index (χ3v) is 5.45. The molecule has 2 aromatic rings. The van der Waals surface area contributed by atoms with Crippen molar-refractivity contribution in [2.45, 2.75) is 22.8 Å². The average Bonchev–Trinajstić information content (AvgIpc) is 2.55. The minimum Gasteiger partial charge on any atom is -0.506 e. The molecule has 1 atom stereocenters. The molecule has 11 nitrogen and oxygen atoms in total. The van der Waals surface area contributed by atoms with E-state index >= 15 is 0 Å². The van der Waals surface area contributed by atoms with Gasteiger partial charge in [-0.05, 0) is 43.3 Å². The summed E-state index contributed by atoms with van der Waals surface area (Å²) in [7, 11) is -9.46. The second-order valence-electron chi connectivity index (χ2n) is 5.64. The van der Waals surface area contributed by atoms with Gasteiger partial charge in [-0.3, -0.25) is 9.11 Å². The Morgan fingerprint density at radius 2 is 1.21 bits per heavy atom. The van der Waals surface area contributed by atoms with Crippen LogP contribution in [0, 0.1) is 0 Å². The quantitative estimate of drug-likeness (QED) is 0.411. The van der Waals surface area contributed by atoms with Crippen LogP contribution in [0.3, 0.4) is 0 Å². The normalized spacial score (nSPS) is 13.1. The topological polar surface area (TPSA) is 190 Å². The van der Waals surface area contributed by atoms with E-state index < -0.39 is 64.9 Å².